The third kappa shape index (κ3) is 4.92. The van der Waals surface area contributed by atoms with Crippen molar-refractivity contribution in [1.29, 1.82) is 0 Å². The second kappa shape index (κ2) is 9.01. The van der Waals surface area contributed by atoms with Crippen LogP contribution in [-0.2, 0) is 4.79 Å². The van der Waals surface area contributed by atoms with Gasteiger partial charge in [-0.15, -0.1) is 0 Å². The highest BCUT2D eigenvalue weighted by atomic mass is 35.5. The number of benzene rings is 1. The van der Waals surface area contributed by atoms with Crippen molar-refractivity contribution in [2.24, 2.45) is 5.92 Å². The van der Waals surface area contributed by atoms with Gasteiger partial charge in [0.05, 0.1) is 10.7 Å². The molecule has 5 nitrogen and oxygen atoms in total. The van der Waals surface area contributed by atoms with Crippen LogP contribution in [0.1, 0.15) is 51.9 Å². The molecule has 7 heteroatoms. The van der Waals surface area contributed by atoms with Gasteiger partial charge in [-0.1, -0.05) is 17.7 Å². The summed E-state index contributed by atoms with van der Waals surface area (Å²) < 4.78 is 13.8. The zero-order valence-corrected chi connectivity index (χ0v) is 18.5. The Bertz CT molecular complexity index is 765. The molecule has 1 unspecified atom stereocenters. The van der Waals surface area contributed by atoms with E-state index >= 15 is 0 Å². The molecule has 166 valence electrons. The molecule has 1 atom stereocenters. The summed E-state index contributed by atoms with van der Waals surface area (Å²) in [6.07, 6.45) is 6.67. The second-order valence-electron chi connectivity index (χ2n) is 9.43. The minimum Gasteiger partial charge on any atom is -0.380 e. The van der Waals surface area contributed by atoms with E-state index in [1.54, 1.807) is 6.07 Å². The van der Waals surface area contributed by atoms with Gasteiger partial charge in [0.2, 0.25) is 0 Å². The van der Waals surface area contributed by atoms with E-state index in [1.165, 1.54) is 12.5 Å². The molecule has 1 aromatic rings. The number of carbonyl (C=O) groups is 1. The van der Waals surface area contributed by atoms with Crippen LogP contribution in [0.15, 0.2) is 18.2 Å². The summed E-state index contributed by atoms with van der Waals surface area (Å²) in [5.41, 5.74) is -0.272. The third-order valence-corrected chi connectivity index (χ3v) is 7.51. The predicted octanol–water partition coefficient (Wildman–Crippen LogP) is 3.58. The molecule has 1 amide bonds. The van der Waals surface area contributed by atoms with Crippen molar-refractivity contribution in [3.8, 4) is 0 Å². The zero-order valence-electron chi connectivity index (χ0n) is 17.7. The molecule has 1 saturated heterocycles. The summed E-state index contributed by atoms with van der Waals surface area (Å²) in [4.78, 5) is 16.7. The van der Waals surface area contributed by atoms with Gasteiger partial charge in [-0.05, 0) is 76.5 Å². The Balaban J connectivity index is 1.19. The molecule has 2 saturated carbocycles. The van der Waals surface area contributed by atoms with Crippen LogP contribution in [0.2, 0.25) is 5.02 Å². The van der Waals surface area contributed by atoms with Crippen molar-refractivity contribution in [3.05, 3.63) is 29.0 Å². The molecule has 0 radical (unpaired) electrons. The molecule has 2 N–H and O–H groups in total. The van der Waals surface area contributed by atoms with Crippen LogP contribution in [0.4, 0.5) is 10.1 Å². The average Bonchev–Trinajstić information content (AvgIpc) is 3.49. The van der Waals surface area contributed by atoms with E-state index in [4.69, 9.17) is 11.6 Å². The minimum absolute atomic E-state index is 0.170. The van der Waals surface area contributed by atoms with Gasteiger partial charge in [0.1, 0.15) is 11.4 Å². The topological polar surface area (TPSA) is 55.8 Å². The number of nitrogens with one attached hydrogen (secondary N) is 1. The third-order valence-electron chi connectivity index (χ3n) is 7.13. The van der Waals surface area contributed by atoms with Crippen molar-refractivity contribution < 1.29 is 14.3 Å². The lowest BCUT2D eigenvalue weighted by Crippen LogP contribution is -2.52. The first-order valence-electron chi connectivity index (χ1n) is 11.3. The molecule has 2 aliphatic carbocycles. The van der Waals surface area contributed by atoms with Gasteiger partial charge in [0, 0.05) is 31.7 Å². The predicted molar refractivity (Wildman–Crippen MR) is 117 cm³/mol. The Kier molecular flexibility index (Phi) is 6.56. The van der Waals surface area contributed by atoms with Crippen LogP contribution in [0.3, 0.4) is 0 Å². The van der Waals surface area contributed by atoms with E-state index < -0.39 is 5.60 Å². The fourth-order valence-corrected chi connectivity index (χ4v) is 5.17. The van der Waals surface area contributed by atoms with Crippen molar-refractivity contribution >= 4 is 23.2 Å². The molecule has 1 aliphatic heterocycles. The molecule has 4 rings (SSSR count). The summed E-state index contributed by atoms with van der Waals surface area (Å²) in [7, 11) is 0. The minimum atomic E-state index is -1.06. The molecule has 1 heterocycles. The summed E-state index contributed by atoms with van der Waals surface area (Å²) in [5.74, 6) is 0.172. The number of amides is 1. The van der Waals surface area contributed by atoms with Crippen LogP contribution in [0.5, 0.6) is 0 Å². The number of hydrogen-bond donors (Lipinski definition) is 2. The van der Waals surface area contributed by atoms with Crippen LogP contribution < -0.4 is 10.2 Å². The number of halogens is 2. The highest BCUT2D eigenvalue weighted by Crippen LogP contribution is 2.36. The number of piperazine rings is 1. The van der Waals surface area contributed by atoms with Gasteiger partial charge in [-0.2, -0.15) is 0 Å². The van der Waals surface area contributed by atoms with Crippen LogP contribution in [0, 0.1) is 11.7 Å². The molecule has 0 aromatic heterocycles. The number of nitrogens with zero attached hydrogens (tertiary/aromatic N) is 2. The molecule has 0 spiro atoms. The Morgan fingerprint density at radius 3 is 2.67 bits per heavy atom. The van der Waals surface area contributed by atoms with Crippen molar-refractivity contribution in [2.45, 2.75) is 69.6 Å². The van der Waals surface area contributed by atoms with E-state index in [9.17, 15) is 14.3 Å². The second-order valence-corrected chi connectivity index (χ2v) is 9.81. The van der Waals surface area contributed by atoms with E-state index in [2.05, 4.69) is 22.0 Å². The van der Waals surface area contributed by atoms with Crippen LogP contribution >= 0.6 is 11.6 Å². The van der Waals surface area contributed by atoms with Crippen molar-refractivity contribution in [1.82, 2.24) is 10.2 Å². The smallest absolute Gasteiger partial charge is 0.252 e. The molecule has 3 aliphatic rings. The van der Waals surface area contributed by atoms with Gasteiger partial charge in [0.25, 0.3) is 5.91 Å². The van der Waals surface area contributed by atoms with Gasteiger partial charge < -0.3 is 15.3 Å². The number of carbonyl (C=O) groups excluding carboxylic acids is 1. The Morgan fingerprint density at radius 2 is 2.00 bits per heavy atom. The maximum absolute atomic E-state index is 13.8. The van der Waals surface area contributed by atoms with E-state index in [0.29, 0.717) is 18.8 Å². The average molecular weight is 438 g/mol. The molecular weight excluding hydrogens is 405 g/mol. The van der Waals surface area contributed by atoms with Gasteiger partial charge in [-0.3, -0.25) is 9.69 Å². The number of anilines is 1. The largest absolute Gasteiger partial charge is 0.380 e. The summed E-state index contributed by atoms with van der Waals surface area (Å²) in [6, 6.07) is 5.53. The summed E-state index contributed by atoms with van der Waals surface area (Å²) in [5, 5.41) is 13.2. The van der Waals surface area contributed by atoms with Gasteiger partial charge >= 0.3 is 0 Å². The molecule has 3 fully saturated rings. The maximum atomic E-state index is 13.8. The van der Waals surface area contributed by atoms with E-state index in [1.807, 2.05) is 6.07 Å². The Morgan fingerprint density at radius 1 is 1.27 bits per heavy atom. The maximum Gasteiger partial charge on any atom is 0.252 e. The normalized spacial score (nSPS) is 28.9. The quantitative estimate of drug-likeness (QED) is 0.714. The number of rotatable bonds is 6. The fourth-order valence-electron chi connectivity index (χ4n) is 4.93. The molecule has 0 bridgehead atoms. The molecule has 30 heavy (non-hydrogen) atoms. The first-order valence-corrected chi connectivity index (χ1v) is 11.7. The lowest BCUT2D eigenvalue weighted by Gasteiger charge is -2.42. The monoisotopic (exact) mass is 437 g/mol. The Labute approximate surface area is 183 Å². The van der Waals surface area contributed by atoms with Gasteiger partial charge in [-0.25, -0.2) is 4.39 Å². The molecular formula is C23H33ClFN3O2. The highest BCUT2D eigenvalue weighted by Gasteiger charge is 2.48. The van der Waals surface area contributed by atoms with E-state index in [-0.39, 0.29) is 28.8 Å². The number of aliphatic hydroxyl groups is 1. The highest BCUT2D eigenvalue weighted by molar-refractivity contribution is 6.33. The first-order chi connectivity index (χ1) is 14.4. The Hall–Kier alpha value is -1.37. The zero-order chi connectivity index (χ0) is 21.3. The van der Waals surface area contributed by atoms with Crippen LogP contribution in [-0.4, -0.2) is 59.8 Å². The fraction of sp³-hybridized carbons (Fsp3) is 0.696. The lowest BCUT2D eigenvalue weighted by molar-refractivity contribution is -0.132. The lowest BCUT2D eigenvalue weighted by atomic mass is 9.84. The summed E-state index contributed by atoms with van der Waals surface area (Å²) in [6.45, 7) is 6.02. The summed E-state index contributed by atoms with van der Waals surface area (Å²) >= 11 is 6.19. The van der Waals surface area contributed by atoms with Crippen molar-refractivity contribution in [3.63, 3.8) is 0 Å². The van der Waals surface area contributed by atoms with Crippen LogP contribution in [0.25, 0.3) is 0 Å². The first kappa shape index (κ1) is 21.8. The molecule has 1 aromatic carbocycles. The van der Waals surface area contributed by atoms with Gasteiger partial charge in [0.15, 0.2) is 0 Å². The number of hydrogen-bond acceptors (Lipinski definition) is 4. The SMILES string of the molecule is CC1CN(CCC2CCC(NC(=O)C3(O)CC3)CC2)CCN1c1cccc(F)c1Cl. The standard InChI is InChI=1S/C23H33ClFN3O2/c1-16-15-27(13-14-28(16)20-4-2-3-19(25)21(20)24)12-9-17-5-7-18(8-6-17)26-22(29)23(30)10-11-23/h2-4,16-18,30H,5-15H2,1H3,(H,26,29). The van der Waals surface area contributed by atoms with E-state index in [0.717, 1.165) is 57.5 Å². The van der Waals surface area contributed by atoms with Crippen molar-refractivity contribution in [2.75, 3.05) is 31.1 Å².